The summed E-state index contributed by atoms with van der Waals surface area (Å²) in [6.45, 7) is 0. The lowest BCUT2D eigenvalue weighted by Gasteiger charge is -2.19. The Morgan fingerprint density at radius 3 is 2.67 bits per heavy atom. The van der Waals surface area contributed by atoms with Crippen LogP contribution in [-0.4, -0.2) is 27.9 Å². The summed E-state index contributed by atoms with van der Waals surface area (Å²) in [4.78, 5) is 26.4. The average Bonchev–Trinajstić information content (AvgIpc) is 2.62. The first kappa shape index (κ1) is 15.4. The first-order valence-corrected chi connectivity index (χ1v) is 7.25. The van der Waals surface area contributed by atoms with Gasteiger partial charge in [0.1, 0.15) is 12.1 Å². The fraction of sp³-hybridized carbons (Fsp3) is 0.0588. The number of nitrogen functional groups attached to an aromatic ring is 1. The lowest BCUT2D eigenvalue weighted by atomic mass is 10.2. The van der Waals surface area contributed by atoms with Gasteiger partial charge in [-0.15, -0.1) is 0 Å². The Labute approximate surface area is 139 Å². The van der Waals surface area contributed by atoms with Crippen molar-refractivity contribution in [2.45, 2.75) is 0 Å². The minimum absolute atomic E-state index is 0.266. The lowest BCUT2D eigenvalue weighted by Crippen LogP contribution is -2.15. The zero-order valence-corrected chi connectivity index (χ0v) is 13.0. The minimum atomic E-state index is -0.266. The summed E-state index contributed by atoms with van der Waals surface area (Å²) in [6.07, 6.45) is 6.52. The number of nitrogens with zero attached hydrogens (tertiary/aromatic N) is 4. The fourth-order valence-corrected chi connectivity index (χ4v) is 2.18. The number of hydrogen-bond acceptors (Lipinski definition) is 6. The van der Waals surface area contributed by atoms with Crippen molar-refractivity contribution in [3.05, 3.63) is 66.9 Å². The molecule has 2 aromatic heterocycles. The van der Waals surface area contributed by atoms with Crippen molar-refractivity contribution in [2.24, 2.45) is 0 Å². The molecule has 7 nitrogen and oxygen atoms in total. The maximum atomic E-state index is 12.3. The molecule has 3 rings (SSSR count). The second kappa shape index (κ2) is 6.74. The molecule has 0 aliphatic heterocycles. The maximum absolute atomic E-state index is 12.3. The van der Waals surface area contributed by atoms with Gasteiger partial charge in [-0.05, 0) is 24.3 Å². The standard InChI is InChI=1S/C17H16N6O/c1-23(15-9-19-11-20-10-15)14-5-6-21-16(8-14)22-17(24)12-3-2-4-13(18)7-12/h2-11H,18H2,1H3,(H,21,22,24). The average molecular weight is 320 g/mol. The molecule has 120 valence electrons. The summed E-state index contributed by atoms with van der Waals surface area (Å²) in [7, 11) is 1.89. The number of hydrogen-bond donors (Lipinski definition) is 2. The highest BCUT2D eigenvalue weighted by Crippen LogP contribution is 2.23. The summed E-state index contributed by atoms with van der Waals surface area (Å²) in [5.41, 5.74) is 8.40. The van der Waals surface area contributed by atoms with E-state index in [9.17, 15) is 4.79 Å². The predicted octanol–water partition coefficient (Wildman–Crippen LogP) is 2.47. The smallest absolute Gasteiger partial charge is 0.256 e. The van der Waals surface area contributed by atoms with Crippen molar-refractivity contribution in [1.82, 2.24) is 15.0 Å². The summed E-state index contributed by atoms with van der Waals surface area (Å²) in [5.74, 6) is 0.182. The number of benzene rings is 1. The zero-order valence-electron chi connectivity index (χ0n) is 13.0. The van der Waals surface area contributed by atoms with Crippen molar-refractivity contribution in [1.29, 1.82) is 0 Å². The summed E-state index contributed by atoms with van der Waals surface area (Å²) in [5, 5.41) is 2.77. The second-order valence-corrected chi connectivity index (χ2v) is 5.13. The molecule has 0 fully saturated rings. The van der Waals surface area contributed by atoms with E-state index in [1.165, 1.54) is 6.33 Å². The highest BCUT2D eigenvalue weighted by Gasteiger charge is 2.10. The van der Waals surface area contributed by atoms with Gasteiger partial charge in [-0.2, -0.15) is 0 Å². The molecule has 0 atom stereocenters. The molecule has 0 unspecified atom stereocenters. The highest BCUT2D eigenvalue weighted by atomic mass is 16.1. The van der Waals surface area contributed by atoms with Gasteiger partial charge in [0, 0.05) is 36.2 Å². The minimum Gasteiger partial charge on any atom is -0.399 e. The molecule has 1 aromatic carbocycles. The van der Waals surface area contributed by atoms with Crippen molar-refractivity contribution < 1.29 is 4.79 Å². The number of carbonyl (C=O) groups excluding carboxylic acids is 1. The van der Waals surface area contributed by atoms with E-state index in [-0.39, 0.29) is 5.91 Å². The monoisotopic (exact) mass is 320 g/mol. The van der Waals surface area contributed by atoms with E-state index in [0.717, 1.165) is 11.4 Å². The van der Waals surface area contributed by atoms with Crippen LogP contribution >= 0.6 is 0 Å². The number of nitrogens with one attached hydrogen (secondary N) is 1. The Bertz CT molecular complexity index is 852. The Kier molecular flexibility index (Phi) is 4.33. The number of nitrogens with two attached hydrogens (primary N) is 1. The van der Waals surface area contributed by atoms with Crippen molar-refractivity contribution in [3.8, 4) is 0 Å². The molecular weight excluding hydrogens is 304 g/mol. The summed E-state index contributed by atoms with van der Waals surface area (Å²) < 4.78 is 0. The molecule has 0 radical (unpaired) electrons. The van der Waals surface area contributed by atoms with Crippen LogP contribution in [0.3, 0.4) is 0 Å². The number of anilines is 4. The van der Waals surface area contributed by atoms with Crippen LogP contribution < -0.4 is 16.0 Å². The Balaban J connectivity index is 1.79. The first-order chi connectivity index (χ1) is 11.6. The molecule has 1 amide bonds. The van der Waals surface area contributed by atoms with E-state index >= 15 is 0 Å². The van der Waals surface area contributed by atoms with Crippen molar-refractivity contribution >= 4 is 28.8 Å². The topological polar surface area (TPSA) is 97.0 Å². The Hall–Kier alpha value is -3.48. The van der Waals surface area contributed by atoms with E-state index in [4.69, 9.17) is 5.73 Å². The van der Waals surface area contributed by atoms with Crippen molar-refractivity contribution in [3.63, 3.8) is 0 Å². The van der Waals surface area contributed by atoms with Crippen molar-refractivity contribution in [2.75, 3.05) is 23.0 Å². The van der Waals surface area contributed by atoms with Crippen LogP contribution in [0.5, 0.6) is 0 Å². The van der Waals surface area contributed by atoms with Gasteiger partial charge in [0.2, 0.25) is 0 Å². The fourth-order valence-electron chi connectivity index (χ4n) is 2.18. The lowest BCUT2D eigenvalue weighted by molar-refractivity contribution is 0.102. The molecule has 0 saturated heterocycles. The third kappa shape index (κ3) is 3.46. The van der Waals surface area contributed by atoms with Gasteiger partial charge in [-0.3, -0.25) is 4.79 Å². The van der Waals surface area contributed by atoms with E-state index in [0.29, 0.717) is 17.1 Å². The molecule has 0 bridgehead atoms. The van der Waals surface area contributed by atoms with Crippen LogP contribution in [0.15, 0.2) is 61.3 Å². The first-order valence-electron chi connectivity index (χ1n) is 7.25. The molecule has 24 heavy (non-hydrogen) atoms. The van der Waals surface area contributed by atoms with Gasteiger partial charge in [-0.25, -0.2) is 15.0 Å². The normalized spacial score (nSPS) is 10.2. The van der Waals surface area contributed by atoms with Crippen LogP contribution in [-0.2, 0) is 0 Å². The third-order valence-electron chi connectivity index (χ3n) is 3.46. The van der Waals surface area contributed by atoms with Crippen LogP contribution in [0.4, 0.5) is 22.9 Å². The second-order valence-electron chi connectivity index (χ2n) is 5.13. The molecule has 3 aromatic rings. The van der Waals surface area contributed by atoms with Gasteiger partial charge in [-0.1, -0.05) is 6.07 Å². The molecule has 0 aliphatic carbocycles. The van der Waals surface area contributed by atoms with Crippen LogP contribution in [0.2, 0.25) is 0 Å². The van der Waals surface area contributed by atoms with Gasteiger partial charge in [0.05, 0.1) is 18.1 Å². The maximum Gasteiger partial charge on any atom is 0.256 e. The van der Waals surface area contributed by atoms with E-state index in [2.05, 4.69) is 20.3 Å². The van der Waals surface area contributed by atoms with E-state index < -0.39 is 0 Å². The SMILES string of the molecule is CN(c1cncnc1)c1ccnc(NC(=O)c2cccc(N)c2)c1. The number of carbonyl (C=O) groups is 1. The Morgan fingerprint density at radius 2 is 1.92 bits per heavy atom. The molecule has 3 N–H and O–H groups in total. The number of aromatic nitrogens is 3. The summed E-state index contributed by atoms with van der Waals surface area (Å²) >= 11 is 0. The zero-order chi connectivity index (χ0) is 16.9. The van der Waals surface area contributed by atoms with Crippen LogP contribution in [0.25, 0.3) is 0 Å². The third-order valence-corrected chi connectivity index (χ3v) is 3.46. The van der Waals surface area contributed by atoms with Crippen LogP contribution in [0, 0.1) is 0 Å². The predicted molar refractivity (Wildman–Crippen MR) is 93.1 cm³/mol. The largest absolute Gasteiger partial charge is 0.399 e. The summed E-state index contributed by atoms with van der Waals surface area (Å²) in [6, 6.07) is 10.4. The van der Waals surface area contributed by atoms with Gasteiger partial charge < -0.3 is 16.0 Å². The van der Waals surface area contributed by atoms with E-state index in [1.807, 2.05) is 18.0 Å². The molecule has 7 heteroatoms. The van der Waals surface area contributed by atoms with Gasteiger partial charge >= 0.3 is 0 Å². The number of amides is 1. The molecule has 0 saturated carbocycles. The molecule has 0 spiro atoms. The number of rotatable bonds is 4. The molecule has 0 aliphatic rings. The Morgan fingerprint density at radius 1 is 1.12 bits per heavy atom. The molecular formula is C17H16N6O. The number of pyridine rings is 1. The quantitative estimate of drug-likeness (QED) is 0.717. The highest BCUT2D eigenvalue weighted by molar-refractivity contribution is 6.04. The van der Waals surface area contributed by atoms with E-state index in [1.54, 1.807) is 48.9 Å². The van der Waals surface area contributed by atoms with Crippen LogP contribution in [0.1, 0.15) is 10.4 Å². The van der Waals surface area contributed by atoms with Gasteiger partial charge in [0.25, 0.3) is 5.91 Å². The van der Waals surface area contributed by atoms with Gasteiger partial charge in [0.15, 0.2) is 0 Å². The molecule has 2 heterocycles.